The molecule has 0 radical (unpaired) electrons. The average molecular weight is 434 g/mol. The highest BCUT2D eigenvalue weighted by Gasteiger charge is 2.60. The number of likely N-dealkylation sites (tertiary alicyclic amines) is 1. The number of methoxy groups -OCH3 is 1. The molecule has 5 unspecified atom stereocenters. The lowest BCUT2D eigenvalue weighted by atomic mass is 9.85. The number of benzene rings is 2. The summed E-state index contributed by atoms with van der Waals surface area (Å²) in [5.41, 5.74) is 1.13. The molecule has 6 nitrogen and oxygen atoms in total. The number of fused-ring (bicyclic) bond motifs is 5. The predicted octanol–water partition coefficient (Wildman–Crippen LogP) is 3.71. The zero-order valence-electron chi connectivity index (χ0n) is 17.5. The number of hydrogen-bond acceptors (Lipinski definition) is 4. The number of imide groups is 1. The van der Waals surface area contributed by atoms with E-state index in [-0.39, 0.29) is 47.8 Å². The van der Waals surface area contributed by atoms with E-state index in [4.69, 9.17) is 4.74 Å². The molecular formula is C25H23FN2O4. The van der Waals surface area contributed by atoms with E-state index in [0.29, 0.717) is 17.0 Å². The van der Waals surface area contributed by atoms with Gasteiger partial charge in [-0.2, -0.15) is 0 Å². The van der Waals surface area contributed by atoms with Gasteiger partial charge in [0.15, 0.2) is 0 Å². The van der Waals surface area contributed by atoms with Crippen LogP contribution in [0, 0.1) is 29.5 Å². The molecule has 1 saturated carbocycles. The van der Waals surface area contributed by atoms with Crippen LogP contribution in [0.4, 0.5) is 10.1 Å². The number of anilines is 1. The lowest BCUT2D eigenvalue weighted by molar-refractivity contribution is -0.144. The van der Waals surface area contributed by atoms with E-state index in [1.54, 1.807) is 31.4 Å². The maximum absolute atomic E-state index is 13.5. The van der Waals surface area contributed by atoms with Crippen LogP contribution in [-0.2, 0) is 14.4 Å². The summed E-state index contributed by atoms with van der Waals surface area (Å²) in [7, 11) is 1.56. The standard InChI is InChI=1S/C25H23FN2O4/c1-32-19-10-8-18(9-11-19)27-21(29)13-20(14-4-6-17(26)7-5-14)28-24(30)22-15-2-3-16(12-15)23(22)25(28)31/h2-11,15-16,20,22-23H,12-13H2,1H3,(H,27,29). The van der Waals surface area contributed by atoms with Gasteiger partial charge in [0.25, 0.3) is 0 Å². The van der Waals surface area contributed by atoms with E-state index in [2.05, 4.69) is 5.32 Å². The van der Waals surface area contributed by atoms with Crippen molar-refractivity contribution >= 4 is 23.4 Å². The third kappa shape index (κ3) is 3.38. The Morgan fingerprint density at radius 1 is 1.03 bits per heavy atom. The zero-order valence-corrected chi connectivity index (χ0v) is 17.5. The molecular weight excluding hydrogens is 411 g/mol. The molecule has 0 aromatic heterocycles. The first-order valence-corrected chi connectivity index (χ1v) is 10.7. The summed E-state index contributed by atoms with van der Waals surface area (Å²) in [5, 5.41) is 2.81. The second kappa shape index (κ2) is 7.89. The van der Waals surface area contributed by atoms with Gasteiger partial charge in [-0.1, -0.05) is 24.3 Å². The minimum Gasteiger partial charge on any atom is -0.497 e. The third-order valence-corrected chi connectivity index (χ3v) is 6.82. The Morgan fingerprint density at radius 2 is 1.62 bits per heavy atom. The molecule has 2 aliphatic carbocycles. The van der Waals surface area contributed by atoms with Crippen molar-refractivity contribution in [1.29, 1.82) is 0 Å². The predicted molar refractivity (Wildman–Crippen MR) is 115 cm³/mol. The van der Waals surface area contributed by atoms with Gasteiger partial charge >= 0.3 is 0 Å². The van der Waals surface area contributed by atoms with Gasteiger partial charge in [0.1, 0.15) is 11.6 Å². The van der Waals surface area contributed by atoms with Crippen molar-refractivity contribution in [3.63, 3.8) is 0 Å². The van der Waals surface area contributed by atoms with Crippen LogP contribution in [0.25, 0.3) is 0 Å². The molecule has 2 bridgehead atoms. The number of allylic oxidation sites excluding steroid dienone is 2. The number of nitrogens with zero attached hydrogens (tertiary/aromatic N) is 1. The third-order valence-electron chi connectivity index (χ3n) is 6.82. The van der Waals surface area contributed by atoms with Crippen LogP contribution in [0.15, 0.2) is 60.7 Å². The van der Waals surface area contributed by atoms with Crippen molar-refractivity contribution in [2.45, 2.75) is 18.9 Å². The molecule has 1 N–H and O–H groups in total. The van der Waals surface area contributed by atoms with Crippen molar-refractivity contribution in [1.82, 2.24) is 4.90 Å². The monoisotopic (exact) mass is 434 g/mol. The van der Waals surface area contributed by atoms with Crippen LogP contribution in [0.5, 0.6) is 5.75 Å². The lowest BCUT2D eigenvalue weighted by Crippen LogP contribution is -2.38. The van der Waals surface area contributed by atoms with E-state index >= 15 is 0 Å². The van der Waals surface area contributed by atoms with E-state index in [1.807, 2.05) is 12.2 Å². The molecule has 5 atom stereocenters. The Bertz CT molecular complexity index is 1070. The Balaban J connectivity index is 1.41. The molecule has 2 aromatic carbocycles. The highest BCUT2D eigenvalue weighted by Crippen LogP contribution is 2.54. The molecule has 3 amide bonds. The van der Waals surface area contributed by atoms with Gasteiger partial charge in [-0.15, -0.1) is 0 Å². The van der Waals surface area contributed by atoms with E-state index in [1.165, 1.54) is 29.2 Å². The zero-order chi connectivity index (χ0) is 22.4. The number of nitrogens with one attached hydrogen (secondary N) is 1. The number of carbonyl (C=O) groups is 3. The van der Waals surface area contributed by atoms with Gasteiger partial charge in [-0.3, -0.25) is 19.3 Å². The molecule has 3 aliphatic rings. The number of hydrogen-bond donors (Lipinski definition) is 1. The van der Waals surface area contributed by atoms with Gasteiger partial charge in [0, 0.05) is 5.69 Å². The Labute approximate surface area is 185 Å². The maximum Gasteiger partial charge on any atom is 0.234 e. The summed E-state index contributed by atoms with van der Waals surface area (Å²) in [6.45, 7) is 0. The summed E-state index contributed by atoms with van der Waals surface area (Å²) in [6, 6.07) is 11.7. The Kier molecular flexibility index (Phi) is 5.04. The summed E-state index contributed by atoms with van der Waals surface area (Å²) in [5.74, 6) is -1.13. The maximum atomic E-state index is 13.5. The van der Waals surface area contributed by atoms with Crippen LogP contribution in [0.2, 0.25) is 0 Å². The fraction of sp³-hybridized carbons (Fsp3) is 0.320. The molecule has 1 heterocycles. The highest BCUT2D eigenvalue weighted by molar-refractivity contribution is 6.07. The van der Waals surface area contributed by atoms with Gasteiger partial charge in [0.05, 0.1) is 31.4 Å². The minimum absolute atomic E-state index is 0.0773. The highest BCUT2D eigenvalue weighted by atomic mass is 19.1. The molecule has 2 aromatic rings. The van der Waals surface area contributed by atoms with Crippen LogP contribution >= 0.6 is 0 Å². The van der Waals surface area contributed by atoms with Gasteiger partial charge in [0.2, 0.25) is 17.7 Å². The minimum atomic E-state index is -0.793. The number of carbonyl (C=O) groups excluding carboxylic acids is 3. The van der Waals surface area contributed by atoms with Crippen LogP contribution in [0.3, 0.4) is 0 Å². The second-order valence-electron chi connectivity index (χ2n) is 8.59. The normalized spacial score (nSPS) is 26.4. The Hall–Kier alpha value is -3.48. The molecule has 0 spiro atoms. The van der Waals surface area contributed by atoms with Crippen LogP contribution < -0.4 is 10.1 Å². The molecule has 2 fully saturated rings. The average Bonchev–Trinajstić information content (AvgIpc) is 3.47. The number of amides is 3. The van der Waals surface area contributed by atoms with Crippen molar-refractivity contribution in [2.75, 3.05) is 12.4 Å². The first kappa shape index (κ1) is 20.4. The Morgan fingerprint density at radius 3 is 2.19 bits per heavy atom. The first-order chi connectivity index (χ1) is 15.5. The summed E-state index contributed by atoms with van der Waals surface area (Å²) in [6.07, 6.45) is 4.78. The fourth-order valence-corrected chi connectivity index (χ4v) is 5.34. The second-order valence-corrected chi connectivity index (χ2v) is 8.59. The summed E-state index contributed by atoms with van der Waals surface area (Å²) >= 11 is 0. The van der Waals surface area contributed by atoms with Gasteiger partial charge in [-0.05, 0) is 60.2 Å². The largest absolute Gasteiger partial charge is 0.497 e. The first-order valence-electron chi connectivity index (χ1n) is 10.7. The number of halogens is 1. The van der Waals surface area contributed by atoms with Crippen molar-refractivity contribution < 1.29 is 23.5 Å². The molecule has 5 rings (SSSR count). The fourth-order valence-electron chi connectivity index (χ4n) is 5.34. The van der Waals surface area contributed by atoms with Crippen molar-refractivity contribution in [3.8, 4) is 5.75 Å². The SMILES string of the molecule is COc1ccc(NC(=O)CC(c2ccc(F)cc2)N2C(=O)C3C4C=CC(C4)C3C2=O)cc1. The van der Waals surface area contributed by atoms with Gasteiger partial charge < -0.3 is 10.1 Å². The van der Waals surface area contributed by atoms with E-state index in [9.17, 15) is 18.8 Å². The van der Waals surface area contributed by atoms with E-state index < -0.39 is 11.9 Å². The quantitative estimate of drug-likeness (QED) is 0.556. The number of ether oxygens (including phenoxy) is 1. The molecule has 7 heteroatoms. The van der Waals surface area contributed by atoms with Crippen molar-refractivity contribution in [3.05, 3.63) is 72.1 Å². The molecule has 1 aliphatic heterocycles. The summed E-state index contributed by atoms with van der Waals surface area (Å²) in [4.78, 5) is 40.8. The van der Waals surface area contributed by atoms with Crippen LogP contribution in [-0.4, -0.2) is 29.7 Å². The summed E-state index contributed by atoms with van der Waals surface area (Å²) < 4.78 is 18.7. The molecule has 32 heavy (non-hydrogen) atoms. The number of rotatable bonds is 6. The van der Waals surface area contributed by atoms with Crippen molar-refractivity contribution in [2.24, 2.45) is 23.7 Å². The smallest absolute Gasteiger partial charge is 0.234 e. The van der Waals surface area contributed by atoms with Crippen LogP contribution in [0.1, 0.15) is 24.4 Å². The van der Waals surface area contributed by atoms with E-state index in [0.717, 1.165) is 6.42 Å². The molecule has 164 valence electrons. The topological polar surface area (TPSA) is 75.7 Å². The lowest BCUT2D eigenvalue weighted by Gasteiger charge is -2.28. The molecule has 1 saturated heterocycles. The van der Waals surface area contributed by atoms with Gasteiger partial charge in [-0.25, -0.2) is 4.39 Å².